The van der Waals surface area contributed by atoms with E-state index >= 15 is 0 Å². The van der Waals surface area contributed by atoms with Crippen LogP contribution >= 0.6 is 34.2 Å². The maximum Gasteiger partial charge on any atom is 0.277 e. The Morgan fingerprint density at radius 1 is 1.18 bits per heavy atom. The van der Waals surface area contributed by atoms with Crippen molar-refractivity contribution in [2.75, 3.05) is 6.61 Å². The highest BCUT2D eigenvalue weighted by molar-refractivity contribution is 14.1. The zero-order valence-corrected chi connectivity index (χ0v) is 18.4. The molecule has 0 saturated carbocycles. The van der Waals surface area contributed by atoms with E-state index in [1.165, 1.54) is 3.57 Å². The van der Waals surface area contributed by atoms with Crippen LogP contribution in [-0.2, 0) is 4.79 Å². The molecule has 3 rings (SSSR count). The number of hydrogen-bond donors (Lipinski definition) is 1. The maximum absolute atomic E-state index is 11.9. The lowest BCUT2D eigenvalue weighted by Gasteiger charge is -2.09. The Morgan fingerprint density at radius 3 is 2.54 bits per heavy atom. The molecule has 5 nitrogen and oxygen atoms in total. The van der Waals surface area contributed by atoms with Gasteiger partial charge in [0, 0.05) is 31.2 Å². The number of nitrogens with zero attached hydrogens (tertiary/aromatic N) is 2. The molecule has 3 aromatic rings. The van der Waals surface area contributed by atoms with Crippen LogP contribution < -0.4 is 10.2 Å². The topological polar surface area (TPSA) is 55.6 Å². The zero-order valence-electron chi connectivity index (χ0n) is 15.4. The highest BCUT2D eigenvalue weighted by Gasteiger charge is 2.09. The van der Waals surface area contributed by atoms with Crippen molar-refractivity contribution in [2.45, 2.75) is 13.8 Å². The molecular weight excluding hydrogens is 489 g/mol. The molecule has 1 amide bonds. The molecule has 0 atom stereocenters. The minimum atomic E-state index is -0.336. The van der Waals surface area contributed by atoms with E-state index in [4.69, 9.17) is 16.3 Å². The Balaban J connectivity index is 1.61. The summed E-state index contributed by atoms with van der Waals surface area (Å²) in [4.78, 5) is 11.9. The fourth-order valence-electron chi connectivity index (χ4n) is 2.79. The lowest BCUT2D eigenvalue weighted by atomic mass is 10.2. The molecule has 0 aliphatic rings. The molecule has 2 aromatic carbocycles. The van der Waals surface area contributed by atoms with Crippen LogP contribution in [0.15, 0.2) is 59.7 Å². The molecule has 1 aromatic heterocycles. The van der Waals surface area contributed by atoms with Crippen molar-refractivity contribution in [3.05, 3.63) is 80.1 Å². The van der Waals surface area contributed by atoms with Gasteiger partial charge in [0.15, 0.2) is 6.61 Å². The molecule has 0 saturated heterocycles. The van der Waals surface area contributed by atoms with Crippen molar-refractivity contribution in [1.29, 1.82) is 0 Å². The third-order valence-corrected chi connectivity index (χ3v) is 5.10. The molecular formula is C21H19ClIN3O2. The van der Waals surface area contributed by atoms with E-state index in [2.05, 4.69) is 62.0 Å². The molecule has 0 spiro atoms. The Hall–Kier alpha value is -2.32. The van der Waals surface area contributed by atoms with Gasteiger partial charge in [0.2, 0.25) is 0 Å². The molecule has 7 heteroatoms. The normalized spacial score (nSPS) is 11.0. The summed E-state index contributed by atoms with van der Waals surface area (Å²) in [6, 6.07) is 17.2. The zero-order chi connectivity index (χ0) is 20.1. The summed E-state index contributed by atoms with van der Waals surface area (Å²) in [6.07, 6.45) is 1.64. The van der Waals surface area contributed by atoms with Gasteiger partial charge < -0.3 is 9.30 Å². The number of amides is 1. The fourth-order valence-corrected chi connectivity index (χ4v) is 3.28. The molecule has 0 bridgehead atoms. The molecule has 1 N–H and O–H groups in total. The van der Waals surface area contributed by atoms with Crippen LogP contribution in [0, 0.1) is 17.4 Å². The van der Waals surface area contributed by atoms with E-state index in [-0.39, 0.29) is 12.5 Å². The van der Waals surface area contributed by atoms with Crippen molar-refractivity contribution in [3.63, 3.8) is 0 Å². The van der Waals surface area contributed by atoms with E-state index in [9.17, 15) is 4.79 Å². The van der Waals surface area contributed by atoms with Gasteiger partial charge in [-0.25, -0.2) is 5.43 Å². The standard InChI is InChI=1S/C21H19ClIN3O2/c1-14-11-16(15(2)26(14)19-7-5-18(23)6-8-19)12-24-25-21(27)13-28-20-9-3-17(22)4-10-20/h3-12H,13H2,1-2H3,(H,25,27)/b24-12-. The summed E-state index contributed by atoms with van der Waals surface area (Å²) in [5, 5.41) is 4.67. The minimum Gasteiger partial charge on any atom is -0.484 e. The number of ether oxygens (including phenoxy) is 1. The highest BCUT2D eigenvalue weighted by atomic mass is 127. The summed E-state index contributed by atoms with van der Waals surface area (Å²) in [5.41, 5.74) is 6.66. The van der Waals surface area contributed by atoms with Crippen molar-refractivity contribution >= 4 is 46.3 Å². The summed E-state index contributed by atoms with van der Waals surface area (Å²) in [5.74, 6) is 0.238. The van der Waals surface area contributed by atoms with Crippen molar-refractivity contribution in [1.82, 2.24) is 9.99 Å². The van der Waals surface area contributed by atoms with Crippen LogP contribution in [0.3, 0.4) is 0 Å². The number of hydrogen-bond acceptors (Lipinski definition) is 3. The fraction of sp³-hybridized carbons (Fsp3) is 0.143. The SMILES string of the molecule is Cc1cc(/C=N\NC(=O)COc2ccc(Cl)cc2)c(C)n1-c1ccc(I)cc1. The lowest BCUT2D eigenvalue weighted by Crippen LogP contribution is -2.24. The van der Waals surface area contributed by atoms with E-state index < -0.39 is 0 Å². The first kappa shape index (κ1) is 20.4. The van der Waals surface area contributed by atoms with Gasteiger partial charge in [-0.2, -0.15) is 5.10 Å². The summed E-state index contributed by atoms with van der Waals surface area (Å²) >= 11 is 8.10. The van der Waals surface area contributed by atoms with Gasteiger partial charge in [0.1, 0.15) is 5.75 Å². The van der Waals surface area contributed by atoms with E-state index in [1.54, 1.807) is 30.5 Å². The molecule has 0 unspecified atom stereocenters. The predicted molar refractivity (Wildman–Crippen MR) is 121 cm³/mol. The molecule has 0 radical (unpaired) electrons. The summed E-state index contributed by atoms with van der Waals surface area (Å²) in [6.45, 7) is 3.94. The van der Waals surface area contributed by atoms with Crippen molar-refractivity contribution in [3.8, 4) is 11.4 Å². The monoisotopic (exact) mass is 507 g/mol. The average Bonchev–Trinajstić information content (AvgIpc) is 2.96. The van der Waals surface area contributed by atoms with Gasteiger partial charge in [-0.15, -0.1) is 0 Å². The first-order valence-electron chi connectivity index (χ1n) is 8.59. The van der Waals surface area contributed by atoms with Gasteiger partial charge in [-0.1, -0.05) is 11.6 Å². The molecule has 1 heterocycles. The summed E-state index contributed by atoms with van der Waals surface area (Å²) < 4.78 is 8.74. The van der Waals surface area contributed by atoms with Crippen LogP contribution in [0.1, 0.15) is 17.0 Å². The third-order valence-electron chi connectivity index (χ3n) is 4.13. The number of halogens is 2. The van der Waals surface area contributed by atoms with E-state index in [0.29, 0.717) is 10.8 Å². The number of hydrazone groups is 1. The van der Waals surface area contributed by atoms with Gasteiger partial charge in [-0.3, -0.25) is 4.79 Å². The predicted octanol–water partition coefficient (Wildman–Crippen LogP) is 4.88. The first-order valence-corrected chi connectivity index (χ1v) is 10.0. The second-order valence-corrected chi connectivity index (χ2v) is 7.86. The summed E-state index contributed by atoms with van der Waals surface area (Å²) in [7, 11) is 0. The quantitative estimate of drug-likeness (QED) is 0.294. The molecule has 144 valence electrons. The number of nitrogens with one attached hydrogen (secondary N) is 1. The van der Waals surface area contributed by atoms with Gasteiger partial charge in [-0.05, 0) is 91.0 Å². The van der Waals surface area contributed by atoms with Crippen LogP contribution in [0.4, 0.5) is 0 Å². The Bertz CT molecular complexity index is 996. The van der Waals surface area contributed by atoms with Gasteiger partial charge in [0.05, 0.1) is 6.21 Å². The number of carbonyl (C=O) groups is 1. The molecule has 0 fully saturated rings. The Kier molecular flexibility index (Phi) is 6.74. The van der Waals surface area contributed by atoms with Crippen LogP contribution in [-0.4, -0.2) is 23.3 Å². The smallest absolute Gasteiger partial charge is 0.277 e. The van der Waals surface area contributed by atoms with E-state index in [1.807, 2.05) is 19.9 Å². The number of aromatic nitrogens is 1. The number of benzene rings is 2. The third kappa shape index (κ3) is 5.14. The number of rotatable bonds is 6. The Labute approximate surface area is 182 Å². The van der Waals surface area contributed by atoms with Crippen molar-refractivity contribution in [2.24, 2.45) is 5.10 Å². The van der Waals surface area contributed by atoms with Gasteiger partial charge in [0.25, 0.3) is 5.91 Å². The van der Waals surface area contributed by atoms with Gasteiger partial charge >= 0.3 is 0 Å². The second kappa shape index (κ2) is 9.25. The first-order chi connectivity index (χ1) is 13.4. The largest absolute Gasteiger partial charge is 0.484 e. The highest BCUT2D eigenvalue weighted by Crippen LogP contribution is 2.20. The number of carbonyl (C=O) groups excluding carboxylic acids is 1. The lowest BCUT2D eigenvalue weighted by molar-refractivity contribution is -0.123. The molecule has 28 heavy (non-hydrogen) atoms. The average molecular weight is 508 g/mol. The molecule has 0 aliphatic heterocycles. The van der Waals surface area contributed by atoms with E-state index in [0.717, 1.165) is 22.6 Å². The van der Waals surface area contributed by atoms with Crippen LogP contribution in [0.2, 0.25) is 5.02 Å². The molecule has 0 aliphatic carbocycles. The maximum atomic E-state index is 11.9. The van der Waals surface area contributed by atoms with Crippen LogP contribution in [0.5, 0.6) is 5.75 Å². The minimum absolute atomic E-state index is 0.124. The van der Waals surface area contributed by atoms with Crippen molar-refractivity contribution < 1.29 is 9.53 Å². The Morgan fingerprint density at radius 2 is 1.86 bits per heavy atom. The number of aryl methyl sites for hydroxylation is 1. The van der Waals surface area contributed by atoms with Crippen LogP contribution in [0.25, 0.3) is 5.69 Å². The second-order valence-electron chi connectivity index (χ2n) is 6.17.